The van der Waals surface area contributed by atoms with Gasteiger partial charge in [-0.3, -0.25) is 20.2 Å². The Morgan fingerprint density at radius 3 is 2.60 bits per heavy atom. The summed E-state index contributed by atoms with van der Waals surface area (Å²) in [5, 5.41) is 15.7. The number of nitro benzene ring substituents is 1. The fourth-order valence-electron chi connectivity index (χ4n) is 2.55. The monoisotopic (exact) mass is 423 g/mol. The lowest BCUT2D eigenvalue weighted by molar-refractivity contribution is -0.384. The highest BCUT2D eigenvalue weighted by atomic mass is 32.1. The van der Waals surface area contributed by atoms with Crippen LogP contribution in [0.1, 0.15) is 25.3 Å². The Balaban J connectivity index is 1.55. The third-order valence-electron chi connectivity index (χ3n) is 4.18. The number of unbranched alkanes of at least 4 members (excludes halogenated alkanes) is 1. The number of carbonyl (C=O) groups excluding carboxylic acids is 1. The number of rotatable bonds is 9. The van der Waals surface area contributed by atoms with E-state index in [0.29, 0.717) is 17.4 Å². The lowest BCUT2D eigenvalue weighted by Crippen LogP contribution is -2.07. The van der Waals surface area contributed by atoms with Crippen molar-refractivity contribution in [3.8, 4) is 17.0 Å². The molecule has 154 valence electrons. The van der Waals surface area contributed by atoms with Crippen LogP contribution in [0, 0.1) is 10.1 Å². The molecule has 0 aliphatic heterocycles. The Morgan fingerprint density at radius 1 is 1.20 bits per heavy atom. The molecular formula is C22H21N3O4S. The van der Waals surface area contributed by atoms with Crippen LogP contribution in [-0.2, 0) is 4.79 Å². The molecule has 7 nitrogen and oxygen atoms in total. The number of nitrogens with one attached hydrogen (secondary N) is 1. The SMILES string of the molecule is CCCCOc1ccc(C=CC(=O)Nc2nc(-c3ccc([N+](=O)[O-])cc3)cs2)cc1. The van der Waals surface area contributed by atoms with Gasteiger partial charge in [-0.25, -0.2) is 4.98 Å². The maximum Gasteiger partial charge on any atom is 0.269 e. The van der Waals surface area contributed by atoms with Gasteiger partial charge in [-0.15, -0.1) is 11.3 Å². The molecule has 3 aromatic rings. The predicted molar refractivity (Wildman–Crippen MR) is 119 cm³/mol. The Hall–Kier alpha value is -3.52. The number of thiazole rings is 1. The molecule has 1 heterocycles. The van der Waals surface area contributed by atoms with E-state index in [9.17, 15) is 14.9 Å². The molecule has 0 bridgehead atoms. The lowest BCUT2D eigenvalue weighted by atomic mass is 10.1. The largest absolute Gasteiger partial charge is 0.494 e. The van der Waals surface area contributed by atoms with E-state index in [0.717, 1.165) is 29.7 Å². The highest BCUT2D eigenvalue weighted by Gasteiger charge is 2.09. The van der Waals surface area contributed by atoms with Crippen LogP contribution in [0.15, 0.2) is 60.0 Å². The van der Waals surface area contributed by atoms with Crippen molar-refractivity contribution in [2.45, 2.75) is 19.8 Å². The van der Waals surface area contributed by atoms with Gasteiger partial charge >= 0.3 is 0 Å². The quantitative estimate of drug-likeness (QED) is 0.211. The number of anilines is 1. The minimum absolute atomic E-state index is 0.0215. The summed E-state index contributed by atoms with van der Waals surface area (Å²) in [4.78, 5) is 26.8. The molecule has 0 saturated carbocycles. The average Bonchev–Trinajstić information content (AvgIpc) is 3.22. The fraction of sp³-hybridized carbons (Fsp3) is 0.182. The normalized spacial score (nSPS) is 10.8. The molecule has 2 aromatic carbocycles. The summed E-state index contributed by atoms with van der Waals surface area (Å²) in [7, 11) is 0. The van der Waals surface area contributed by atoms with E-state index in [-0.39, 0.29) is 11.6 Å². The van der Waals surface area contributed by atoms with Crippen LogP contribution in [0.2, 0.25) is 0 Å². The fourth-order valence-corrected chi connectivity index (χ4v) is 3.27. The Morgan fingerprint density at radius 2 is 1.93 bits per heavy atom. The van der Waals surface area contributed by atoms with Crippen LogP contribution in [0.5, 0.6) is 5.75 Å². The summed E-state index contributed by atoms with van der Waals surface area (Å²) in [6, 6.07) is 13.7. The lowest BCUT2D eigenvalue weighted by Gasteiger charge is -2.05. The van der Waals surface area contributed by atoms with Crippen molar-refractivity contribution >= 4 is 34.1 Å². The van der Waals surface area contributed by atoms with Gasteiger partial charge in [0.1, 0.15) is 5.75 Å². The Kier molecular flexibility index (Phi) is 7.29. The van der Waals surface area contributed by atoms with Crippen LogP contribution in [-0.4, -0.2) is 22.4 Å². The summed E-state index contributed by atoms with van der Waals surface area (Å²) < 4.78 is 5.62. The highest BCUT2D eigenvalue weighted by Crippen LogP contribution is 2.26. The van der Waals surface area contributed by atoms with E-state index in [1.54, 1.807) is 23.6 Å². The molecule has 0 unspecified atom stereocenters. The minimum Gasteiger partial charge on any atom is -0.494 e. The zero-order chi connectivity index (χ0) is 21.3. The second-order valence-electron chi connectivity index (χ2n) is 6.44. The molecule has 0 spiro atoms. The molecule has 0 fully saturated rings. The van der Waals surface area contributed by atoms with E-state index in [2.05, 4.69) is 17.2 Å². The molecule has 0 atom stereocenters. The predicted octanol–water partition coefficient (Wildman–Crippen LogP) is 5.55. The van der Waals surface area contributed by atoms with Crippen molar-refractivity contribution < 1.29 is 14.5 Å². The molecule has 0 aliphatic rings. The zero-order valence-electron chi connectivity index (χ0n) is 16.4. The summed E-state index contributed by atoms with van der Waals surface area (Å²) in [5.74, 6) is 0.523. The average molecular weight is 423 g/mol. The molecule has 0 saturated heterocycles. The summed E-state index contributed by atoms with van der Waals surface area (Å²) >= 11 is 1.29. The van der Waals surface area contributed by atoms with E-state index < -0.39 is 4.92 Å². The van der Waals surface area contributed by atoms with Crippen molar-refractivity contribution in [2.24, 2.45) is 0 Å². The van der Waals surface area contributed by atoms with Crippen LogP contribution < -0.4 is 10.1 Å². The van der Waals surface area contributed by atoms with E-state index in [1.807, 2.05) is 24.3 Å². The smallest absolute Gasteiger partial charge is 0.269 e. The first-order chi connectivity index (χ1) is 14.5. The minimum atomic E-state index is -0.449. The second kappa shape index (κ2) is 10.3. The van der Waals surface area contributed by atoms with Gasteiger partial charge in [-0.2, -0.15) is 0 Å². The summed E-state index contributed by atoms with van der Waals surface area (Å²) in [6.45, 7) is 2.81. The summed E-state index contributed by atoms with van der Waals surface area (Å²) in [5.41, 5.74) is 2.30. The van der Waals surface area contributed by atoms with Crippen molar-refractivity contribution in [1.82, 2.24) is 4.98 Å². The molecule has 30 heavy (non-hydrogen) atoms. The number of benzene rings is 2. The second-order valence-corrected chi connectivity index (χ2v) is 7.29. The van der Waals surface area contributed by atoms with Crippen molar-refractivity contribution in [3.05, 3.63) is 75.7 Å². The topological polar surface area (TPSA) is 94.4 Å². The number of aromatic nitrogens is 1. The van der Waals surface area contributed by atoms with E-state index in [4.69, 9.17) is 4.74 Å². The van der Waals surface area contributed by atoms with Gasteiger partial charge in [0.2, 0.25) is 5.91 Å². The molecule has 0 aliphatic carbocycles. The number of nitrogens with zero attached hydrogens (tertiary/aromatic N) is 2. The molecule has 1 amide bonds. The van der Waals surface area contributed by atoms with Crippen molar-refractivity contribution in [1.29, 1.82) is 0 Å². The number of amides is 1. The molecule has 3 rings (SSSR count). The number of non-ortho nitro benzene ring substituents is 1. The van der Waals surface area contributed by atoms with Gasteiger partial charge in [0.05, 0.1) is 17.2 Å². The molecule has 0 radical (unpaired) electrons. The molecular weight excluding hydrogens is 402 g/mol. The first-order valence-corrected chi connectivity index (χ1v) is 10.4. The van der Waals surface area contributed by atoms with Gasteiger partial charge < -0.3 is 4.74 Å². The van der Waals surface area contributed by atoms with Crippen LogP contribution in [0.4, 0.5) is 10.8 Å². The molecule has 1 N–H and O–H groups in total. The molecule has 1 aromatic heterocycles. The highest BCUT2D eigenvalue weighted by molar-refractivity contribution is 7.14. The van der Waals surface area contributed by atoms with Crippen LogP contribution >= 0.6 is 11.3 Å². The standard InChI is InChI=1S/C22H21N3O4S/c1-2-3-14-29-19-11-4-16(5-12-19)6-13-21(26)24-22-23-20(15-30-22)17-7-9-18(10-8-17)25(27)28/h4-13,15H,2-3,14H2,1H3,(H,23,24,26). The van der Waals surface area contributed by atoms with E-state index in [1.165, 1.54) is 29.5 Å². The van der Waals surface area contributed by atoms with Gasteiger partial charge in [0, 0.05) is 29.2 Å². The number of carbonyl (C=O) groups is 1. The third kappa shape index (κ3) is 5.99. The number of nitro groups is 1. The van der Waals surface area contributed by atoms with Crippen molar-refractivity contribution in [2.75, 3.05) is 11.9 Å². The number of hydrogen-bond acceptors (Lipinski definition) is 6. The Bertz CT molecular complexity index is 1030. The van der Waals surface area contributed by atoms with Crippen molar-refractivity contribution in [3.63, 3.8) is 0 Å². The Labute approximate surface area is 178 Å². The van der Waals surface area contributed by atoms with Crippen LogP contribution in [0.3, 0.4) is 0 Å². The summed E-state index contributed by atoms with van der Waals surface area (Å²) in [6.07, 6.45) is 5.27. The zero-order valence-corrected chi connectivity index (χ0v) is 17.2. The third-order valence-corrected chi connectivity index (χ3v) is 4.94. The maximum atomic E-state index is 12.2. The number of hydrogen-bond donors (Lipinski definition) is 1. The van der Waals surface area contributed by atoms with E-state index >= 15 is 0 Å². The first-order valence-electron chi connectivity index (χ1n) is 9.47. The van der Waals surface area contributed by atoms with Gasteiger partial charge in [-0.05, 0) is 42.3 Å². The molecule has 8 heteroatoms. The number of ether oxygens (including phenoxy) is 1. The van der Waals surface area contributed by atoms with Crippen LogP contribution in [0.25, 0.3) is 17.3 Å². The maximum absolute atomic E-state index is 12.2. The van der Waals surface area contributed by atoms with Gasteiger partial charge in [0.25, 0.3) is 5.69 Å². The first kappa shape index (κ1) is 21.2. The van der Waals surface area contributed by atoms with Gasteiger partial charge in [-0.1, -0.05) is 25.5 Å². The van der Waals surface area contributed by atoms with Gasteiger partial charge in [0.15, 0.2) is 5.13 Å².